The summed E-state index contributed by atoms with van der Waals surface area (Å²) in [5.74, 6) is -0.353. The fourth-order valence-corrected chi connectivity index (χ4v) is 2.04. The van der Waals surface area contributed by atoms with Gasteiger partial charge < -0.3 is 19.1 Å². The van der Waals surface area contributed by atoms with Crippen LogP contribution in [0, 0.1) is 0 Å². The van der Waals surface area contributed by atoms with E-state index in [1.54, 1.807) is 20.8 Å². The van der Waals surface area contributed by atoms with Crippen molar-refractivity contribution >= 4 is 16.2 Å². The van der Waals surface area contributed by atoms with Gasteiger partial charge in [0.1, 0.15) is 5.60 Å². The second-order valence-corrected chi connectivity index (χ2v) is 7.95. The van der Waals surface area contributed by atoms with E-state index in [4.69, 9.17) is 4.74 Å². The normalized spacial score (nSPS) is 13.1. The number of carbonyl (C=O) groups excluding carboxylic acids is 1. The van der Waals surface area contributed by atoms with E-state index in [9.17, 15) is 17.8 Å². The molecule has 0 fully saturated rings. The van der Waals surface area contributed by atoms with Crippen LogP contribution in [0.15, 0.2) is 0 Å². The Labute approximate surface area is 121 Å². The van der Waals surface area contributed by atoms with Crippen LogP contribution in [0.5, 0.6) is 0 Å². The van der Waals surface area contributed by atoms with Crippen LogP contribution in [0.4, 0.5) is 4.79 Å². The number of nitrogens with zero attached hydrogens (tertiary/aromatic N) is 1. The molecule has 0 atom stereocenters. The second kappa shape index (κ2) is 7.24. The highest BCUT2D eigenvalue weighted by molar-refractivity contribution is 7.85. The van der Waals surface area contributed by atoms with E-state index in [0.717, 1.165) is 0 Å². The van der Waals surface area contributed by atoms with Crippen LogP contribution in [-0.2, 0) is 14.9 Å². The number of quaternary nitrogens is 1. The second-order valence-electron chi connectivity index (χ2n) is 6.43. The summed E-state index contributed by atoms with van der Waals surface area (Å²) >= 11 is 0. The molecule has 0 saturated carbocycles. The van der Waals surface area contributed by atoms with Gasteiger partial charge in [-0.1, -0.05) is 0 Å². The largest absolute Gasteiger partial charge is 0.748 e. The number of hydrogen-bond acceptors (Lipinski definition) is 5. The summed E-state index contributed by atoms with van der Waals surface area (Å²) in [6, 6.07) is 0. The minimum Gasteiger partial charge on any atom is -0.748 e. The van der Waals surface area contributed by atoms with Crippen molar-refractivity contribution in [1.82, 2.24) is 5.32 Å². The fraction of sp³-hybridized carbons (Fsp3) is 0.917. The highest BCUT2D eigenvalue weighted by Crippen LogP contribution is 2.06. The van der Waals surface area contributed by atoms with Crippen LogP contribution in [0.1, 0.15) is 27.2 Å². The third kappa shape index (κ3) is 12.2. The molecule has 0 bridgehead atoms. The first-order chi connectivity index (χ1) is 8.81. The van der Waals surface area contributed by atoms with Gasteiger partial charge in [-0.15, -0.1) is 0 Å². The SMILES string of the molecule is CC(C)(C)OC(=O)NCC[N+](C)(C)CCCS(=O)(=O)[O-]. The third-order valence-electron chi connectivity index (χ3n) is 2.54. The molecule has 0 radical (unpaired) electrons. The predicted molar refractivity (Wildman–Crippen MR) is 75.3 cm³/mol. The van der Waals surface area contributed by atoms with Crippen molar-refractivity contribution in [3.8, 4) is 0 Å². The summed E-state index contributed by atoms with van der Waals surface area (Å²) in [5.41, 5.74) is -0.531. The van der Waals surface area contributed by atoms with Crippen molar-refractivity contribution in [3.63, 3.8) is 0 Å². The molecular weight excluding hydrogens is 284 g/mol. The number of amides is 1. The first-order valence-electron chi connectivity index (χ1n) is 6.53. The highest BCUT2D eigenvalue weighted by atomic mass is 32.2. The van der Waals surface area contributed by atoms with E-state index in [1.165, 1.54) is 0 Å². The minimum atomic E-state index is -4.15. The van der Waals surface area contributed by atoms with E-state index >= 15 is 0 Å². The van der Waals surface area contributed by atoms with Crippen LogP contribution in [0.2, 0.25) is 0 Å². The maximum Gasteiger partial charge on any atom is 0.407 e. The number of ether oxygens (including phenoxy) is 1. The molecule has 0 unspecified atom stereocenters. The summed E-state index contributed by atoms with van der Waals surface area (Å²) in [6.07, 6.45) is -0.162. The highest BCUT2D eigenvalue weighted by Gasteiger charge is 2.18. The molecule has 0 aliphatic rings. The van der Waals surface area contributed by atoms with E-state index in [0.29, 0.717) is 30.5 Å². The third-order valence-corrected chi connectivity index (χ3v) is 3.33. The van der Waals surface area contributed by atoms with Gasteiger partial charge in [-0.25, -0.2) is 13.2 Å². The van der Waals surface area contributed by atoms with Crippen LogP contribution in [-0.4, -0.2) is 68.6 Å². The molecule has 0 aromatic heterocycles. The molecule has 8 heteroatoms. The lowest BCUT2D eigenvalue weighted by molar-refractivity contribution is -0.889. The first-order valence-corrected chi connectivity index (χ1v) is 8.11. The zero-order chi connectivity index (χ0) is 16.0. The van der Waals surface area contributed by atoms with E-state index in [1.807, 2.05) is 14.1 Å². The topological polar surface area (TPSA) is 95.5 Å². The molecule has 1 N–H and O–H groups in total. The smallest absolute Gasteiger partial charge is 0.407 e. The number of likely N-dealkylation sites (N-methyl/N-ethyl adjacent to an activating group) is 1. The van der Waals surface area contributed by atoms with Crippen LogP contribution in [0.3, 0.4) is 0 Å². The van der Waals surface area contributed by atoms with Gasteiger partial charge in [-0.05, 0) is 20.8 Å². The van der Waals surface area contributed by atoms with Gasteiger partial charge >= 0.3 is 6.09 Å². The van der Waals surface area contributed by atoms with Gasteiger partial charge in [-0.2, -0.15) is 0 Å². The molecule has 7 nitrogen and oxygen atoms in total. The molecule has 1 amide bonds. The van der Waals surface area contributed by atoms with Gasteiger partial charge in [0.05, 0.1) is 43.8 Å². The molecule has 0 aliphatic carbocycles. The predicted octanol–water partition coefficient (Wildman–Crippen LogP) is 0.523. The lowest BCUT2D eigenvalue weighted by atomic mass is 10.2. The standard InChI is InChI=1S/C12H26N2O5S/c1-12(2,3)19-11(15)13-7-9-14(4,5)8-6-10-20(16,17)18/h6-10H2,1-5H3,(H-,13,15,16,17,18). The number of alkyl carbamates (subject to hydrolysis) is 1. The first kappa shape index (κ1) is 19.1. The minimum absolute atomic E-state index is 0.311. The van der Waals surface area contributed by atoms with E-state index in [2.05, 4.69) is 5.32 Å². The molecule has 0 aromatic carbocycles. The zero-order valence-corrected chi connectivity index (χ0v) is 13.7. The molecule has 0 spiro atoms. The fourth-order valence-electron chi connectivity index (χ4n) is 1.56. The molecular formula is C12H26N2O5S. The van der Waals surface area contributed by atoms with E-state index in [-0.39, 0.29) is 5.75 Å². The number of hydrogen-bond donors (Lipinski definition) is 1. The molecule has 0 heterocycles. The molecule has 20 heavy (non-hydrogen) atoms. The summed E-state index contributed by atoms with van der Waals surface area (Å²) in [4.78, 5) is 11.4. The Morgan fingerprint density at radius 1 is 1.25 bits per heavy atom. The van der Waals surface area contributed by atoms with Gasteiger partial charge in [0.15, 0.2) is 0 Å². The van der Waals surface area contributed by atoms with Gasteiger partial charge in [-0.3, -0.25) is 0 Å². The molecule has 0 rings (SSSR count). The Morgan fingerprint density at radius 3 is 2.25 bits per heavy atom. The zero-order valence-electron chi connectivity index (χ0n) is 12.9. The number of rotatable bonds is 7. The summed E-state index contributed by atoms with van der Waals surface area (Å²) in [7, 11) is -0.329. The Hall–Kier alpha value is -0.860. The van der Waals surface area contributed by atoms with Crippen molar-refractivity contribution in [1.29, 1.82) is 0 Å². The van der Waals surface area contributed by atoms with Crippen molar-refractivity contribution < 1.29 is 27.0 Å². The maximum atomic E-state index is 11.4. The van der Waals surface area contributed by atoms with Crippen molar-refractivity contribution in [2.45, 2.75) is 32.8 Å². The van der Waals surface area contributed by atoms with Crippen molar-refractivity contribution in [3.05, 3.63) is 0 Å². The van der Waals surface area contributed by atoms with Gasteiger partial charge in [0.2, 0.25) is 0 Å². The van der Waals surface area contributed by atoms with Crippen molar-refractivity contribution in [2.75, 3.05) is 39.5 Å². The molecule has 0 aliphatic heterocycles. The average Bonchev–Trinajstić information content (AvgIpc) is 2.10. The van der Waals surface area contributed by atoms with Gasteiger partial charge in [0, 0.05) is 12.2 Å². The molecule has 0 saturated heterocycles. The summed E-state index contributed by atoms with van der Waals surface area (Å²) < 4.78 is 37.2. The van der Waals surface area contributed by atoms with Crippen LogP contribution in [0.25, 0.3) is 0 Å². The molecule has 0 aromatic rings. The number of carbonyl (C=O) groups is 1. The quantitative estimate of drug-likeness (QED) is 0.546. The Morgan fingerprint density at radius 2 is 1.80 bits per heavy atom. The molecule has 120 valence electrons. The summed E-state index contributed by atoms with van der Waals surface area (Å²) in [5, 5.41) is 2.65. The van der Waals surface area contributed by atoms with Crippen LogP contribution < -0.4 is 5.32 Å². The average molecular weight is 310 g/mol. The number of nitrogens with one attached hydrogen (secondary N) is 1. The lowest BCUT2D eigenvalue weighted by Crippen LogP contribution is -2.46. The lowest BCUT2D eigenvalue weighted by Gasteiger charge is -2.30. The van der Waals surface area contributed by atoms with E-state index < -0.39 is 21.8 Å². The monoisotopic (exact) mass is 310 g/mol. The maximum absolute atomic E-state index is 11.4. The summed E-state index contributed by atoms with van der Waals surface area (Å²) in [6.45, 7) is 6.96. The van der Waals surface area contributed by atoms with Crippen LogP contribution >= 0.6 is 0 Å². The van der Waals surface area contributed by atoms with Crippen molar-refractivity contribution in [2.24, 2.45) is 0 Å². The Kier molecular flexibility index (Phi) is 6.92. The Bertz CT molecular complexity index is 412. The van der Waals surface area contributed by atoms with Gasteiger partial charge in [0.25, 0.3) is 0 Å². The Balaban J connectivity index is 3.96.